The topological polar surface area (TPSA) is 30.0 Å². The molecule has 2 nitrogen and oxygen atoms in total. The minimum Gasteiger partial charge on any atom is -0.294 e. The summed E-state index contributed by atoms with van der Waals surface area (Å²) in [6.45, 7) is 1.95. The Hall–Kier alpha value is -1.48. The van der Waals surface area contributed by atoms with Crippen molar-refractivity contribution in [2.75, 3.05) is 0 Å². The number of hydrogen-bond donors (Lipinski definition) is 0. The maximum Gasteiger partial charge on any atom is 0.164 e. The van der Waals surface area contributed by atoms with Gasteiger partial charge in [-0.05, 0) is 36.4 Å². The van der Waals surface area contributed by atoms with Crippen LogP contribution in [0, 0.1) is 6.92 Å². The van der Waals surface area contributed by atoms with Crippen LogP contribution in [0.2, 0.25) is 0 Å². The van der Waals surface area contributed by atoms with Gasteiger partial charge in [-0.1, -0.05) is 6.07 Å². The lowest BCUT2D eigenvalue weighted by atomic mass is 10.1. The lowest BCUT2D eigenvalue weighted by Crippen LogP contribution is -2.01. The SMILES string of the molecule is Cc1cncc(C(=O)CCc2cccs2)c1. The number of carbonyl (C=O) groups excluding carboxylic acids is 1. The van der Waals surface area contributed by atoms with Crippen LogP contribution in [0.5, 0.6) is 0 Å². The molecule has 0 aromatic carbocycles. The molecule has 0 radical (unpaired) electrons. The van der Waals surface area contributed by atoms with Crippen LogP contribution >= 0.6 is 11.3 Å². The standard InChI is InChI=1S/C13H13NOS/c1-10-7-11(9-14-8-10)13(15)5-4-12-3-2-6-16-12/h2-3,6-9H,4-5H2,1H3. The van der Waals surface area contributed by atoms with Crippen molar-refractivity contribution >= 4 is 17.1 Å². The maximum atomic E-state index is 11.9. The third kappa shape index (κ3) is 2.76. The maximum absolute atomic E-state index is 11.9. The Labute approximate surface area is 99.0 Å². The third-order valence-corrected chi connectivity index (χ3v) is 3.31. The molecule has 0 unspecified atom stereocenters. The van der Waals surface area contributed by atoms with Crippen LogP contribution in [0.15, 0.2) is 36.0 Å². The second-order valence-corrected chi connectivity index (χ2v) is 4.79. The van der Waals surface area contributed by atoms with Gasteiger partial charge in [-0.15, -0.1) is 11.3 Å². The quantitative estimate of drug-likeness (QED) is 0.756. The van der Waals surface area contributed by atoms with Crippen molar-refractivity contribution in [2.45, 2.75) is 19.8 Å². The van der Waals surface area contributed by atoms with Gasteiger partial charge in [0.15, 0.2) is 5.78 Å². The zero-order chi connectivity index (χ0) is 11.4. The number of ketones is 1. The molecule has 0 aliphatic rings. The van der Waals surface area contributed by atoms with Crippen molar-refractivity contribution in [3.05, 3.63) is 52.0 Å². The van der Waals surface area contributed by atoms with Crippen molar-refractivity contribution < 1.29 is 4.79 Å². The molecule has 0 saturated heterocycles. The average Bonchev–Trinajstić information content (AvgIpc) is 2.78. The number of aromatic nitrogens is 1. The summed E-state index contributed by atoms with van der Waals surface area (Å²) in [5.74, 6) is 0.171. The molecule has 0 fully saturated rings. The smallest absolute Gasteiger partial charge is 0.164 e. The summed E-state index contributed by atoms with van der Waals surface area (Å²) in [5, 5.41) is 2.04. The van der Waals surface area contributed by atoms with E-state index in [0.29, 0.717) is 6.42 Å². The molecule has 2 aromatic rings. The van der Waals surface area contributed by atoms with Gasteiger partial charge in [0.25, 0.3) is 0 Å². The van der Waals surface area contributed by atoms with Gasteiger partial charge in [0.05, 0.1) is 0 Å². The molecule has 0 atom stereocenters. The number of Topliss-reactive ketones (excluding diaryl/α,β-unsaturated/α-hetero) is 1. The molecule has 2 rings (SSSR count). The van der Waals surface area contributed by atoms with Gasteiger partial charge in [0.1, 0.15) is 0 Å². The minimum absolute atomic E-state index is 0.171. The Kier molecular flexibility index (Phi) is 3.47. The van der Waals surface area contributed by atoms with E-state index in [-0.39, 0.29) is 5.78 Å². The van der Waals surface area contributed by atoms with Crippen LogP contribution < -0.4 is 0 Å². The molecular weight excluding hydrogens is 218 g/mol. The highest BCUT2D eigenvalue weighted by Gasteiger charge is 2.06. The molecule has 0 aliphatic heterocycles. The van der Waals surface area contributed by atoms with Crippen LogP contribution in [-0.2, 0) is 6.42 Å². The van der Waals surface area contributed by atoms with E-state index < -0.39 is 0 Å². The fourth-order valence-corrected chi connectivity index (χ4v) is 2.25. The molecule has 0 amide bonds. The first-order valence-electron chi connectivity index (χ1n) is 5.23. The summed E-state index contributed by atoms with van der Waals surface area (Å²) >= 11 is 1.70. The lowest BCUT2D eigenvalue weighted by Gasteiger charge is -2.00. The fraction of sp³-hybridized carbons (Fsp3) is 0.231. The third-order valence-electron chi connectivity index (χ3n) is 2.38. The predicted octanol–water partition coefficient (Wildman–Crippen LogP) is 3.27. The summed E-state index contributed by atoms with van der Waals surface area (Å²) in [4.78, 5) is 17.1. The molecular formula is C13H13NOS. The van der Waals surface area contributed by atoms with E-state index in [2.05, 4.69) is 11.1 Å². The molecule has 0 bridgehead atoms. The first-order valence-corrected chi connectivity index (χ1v) is 6.11. The zero-order valence-electron chi connectivity index (χ0n) is 9.14. The second-order valence-electron chi connectivity index (χ2n) is 3.75. The van der Waals surface area contributed by atoms with Crippen molar-refractivity contribution in [3.8, 4) is 0 Å². The highest BCUT2D eigenvalue weighted by molar-refractivity contribution is 7.09. The average molecular weight is 231 g/mol. The first kappa shape index (κ1) is 11.0. The molecule has 0 saturated carbocycles. The Morgan fingerprint density at radius 3 is 3.00 bits per heavy atom. The van der Waals surface area contributed by atoms with E-state index in [1.54, 1.807) is 23.7 Å². The van der Waals surface area contributed by atoms with Crippen LogP contribution in [-0.4, -0.2) is 10.8 Å². The van der Waals surface area contributed by atoms with E-state index in [4.69, 9.17) is 0 Å². The van der Waals surface area contributed by atoms with Gasteiger partial charge in [0, 0.05) is 29.3 Å². The number of hydrogen-bond acceptors (Lipinski definition) is 3. The second kappa shape index (κ2) is 5.03. The van der Waals surface area contributed by atoms with Gasteiger partial charge >= 0.3 is 0 Å². The Morgan fingerprint density at radius 2 is 2.31 bits per heavy atom. The van der Waals surface area contributed by atoms with Crippen molar-refractivity contribution in [2.24, 2.45) is 0 Å². The lowest BCUT2D eigenvalue weighted by molar-refractivity contribution is 0.0982. The number of nitrogens with zero attached hydrogens (tertiary/aromatic N) is 1. The van der Waals surface area contributed by atoms with E-state index in [1.807, 2.05) is 24.4 Å². The zero-order valence-corrected chi connectivity index (χ0v) is 9.96. The largest absolute Gasteiger partial charge is 0.294 e. The predicted molar refractivity (Wildman–Crippen MR) is 65.9 cm³/mol. The van der Waals surface area contributed by atoms with Gasteiger partial charge in [-0.25, -0.2) is 0 Å². The van der Waals surface area contributed by atoms with E-state index in [0.717, 1.165) is 17.5 Å². The van der Waals surface area contributed by atoms with E-state index in [9.17, 15) is 4.79 Å². The Bertz CT molecular complexity index is 476. The van der Waals surface area contributed by atoms with Gasteiger partial charge in [-0.2, -0.15) is 0 Å². The minimum atomic E-state index is 0.171. The number of pyridine rings is 1. The first-order chi connectivity index (χ1) is 7.75. The van der Waals surface area contributed by atoms with Crippen LogP contribution in [0.3, 0.4) is 0 Å². The summed E-state index contributed by atoms with van der Waals surface area (Å²) in [5.41, 5.74) is 1.75. The van der Waals surface area contributed by atoms with E-state index >= 15 is 0 Å². The van der Waals surface area contributed by atoms with Crippen LogP contribution in [0.1, 0.15) is 27.2 Å². The molecule has 82 valence electrons. The van der Waals surface area contributed by atoms with Crippen molar-refractivity contribution in [3.63, 3.8) is 0 Å². The fourth-order valence-electron chi connectivity index (χ4n) is 1.54. The number of aryl methyl sites for hydroxylation is 2. The normalized spacial score (nSPS) is 10.3. The van der Waals surface area contributed by atoms with Crippen molar-refractivity contribution in [1.82, 2.24) is 4.98 Å². The van der Waals surface area contributed by atoms with Gasteiger partial charge in [0.2, 0.25) is 0 Å². The molecule has 3 heteroatoms. The molecule has 0 N–H and O–H groups in total. The molecule has 2 aromatic heterocycles. The monoisotopic (exact) mass is 231 g/mol. The van der Waals surface area contributed by atoms with Gasteiger partial charge in [-0.3, -0.25) is 9.78 Å². The Balaban J connectivity index is 1.98. The molecule has 0 spiro atoms. The molecule has 16 heavy (non-hydrogen) atoms. The summed E-state index contributed by atoms with van der Waals surface area (Å²) in [7, 11) is 0. The van der Waals surface area contributed by atoms with E-state index in [1.165, 1.54) is 4.88 Å². The summed E-state index contributed by atoms with van der Waals surface area (Å²) < 4.78 is 0. The number of carbonyl (C=O) groups is 1. The number of thiophene rings is 1. The summed E-state index contributed by atoms with van der Waals surface area (Å²) in [6.07, 6.45) is 4.79. The Morgan fingerprint density at radius 1 is 1.44 bits per heavy atom. The van der Waals surface area contributed by atoms with Crippen molar-refractivity contribution in [1.29, 1.82) is 0 Å². The highest BCUT2D eigenvalue weighted by Crippen LogP contribution is 2.13. The van der Waals surface area contributed by atoms with Crippen LogP contribution in [0.25, 0.3) is 0 Å². The molecule has 0 aliphatic carbocycles. The molecule has 2 heterocycles. The number of rotatable bonds is 4. The van der Waals surface area contributed by atoms with Gasteiger partial charge < -0.3 is 0 Å². The van der Waals surface area contributed by atoms with Crippen LogP contribution in [0.4, 0.5) is 0 Å². The highest BCUT2D eigenvalue weighted by atomic mass is 32.1. The summed E-state index contributed by atoms with van der Waals surface area (Å²) in [6, 6.07) is 5.97.